The number of fused-ring (bicyclic) bond motifs is 1. The van der Waals surface area contributed by atoms with Crippen LogP contribution in [0.3, 0.4) is 0 Å². The van der Waals surface area contributed by atoms with Crippen molar-refractivity contribution in [3.8, 4) is 11.5 Å². The van der Waals surface area contributed by atoms with Crippen molar-refractivity contribution in [2.24, 2.45) is 5.92 Å². The van der Waals surface area contributed by atoms with Crippen molar-refractivity contribution in [1.29, 1.82) is 0 Å². The fraction of sp³-hybridized carbons (Fsp3) is 0.250. The molecule has 5 aromatic rings. The zero-order chi connectivity index (χ0) is 29.2. The third-order valence-electron chi connectivity index (χ3n) is 7.19. The predicted molar refractivity (Wildman–Crippen MR) is 144 cm³/mol. The Hall–Kier alpha value is -5.27. The number of hydrogen-bond acceptors (Lipinski definition) is 9. The van der Waals surface area contributed by atoms with E-state index in [1.807, 2.05) is 0 Å². The minimum Gasteiger partial charge on any atom is -0.436 e. The van der Waals surface area contributed by atoms with Crippen LogP contribution >= 0.6 is 0 Å². The van der Waals surface area contributed by atoms with Crippen LogP contribution in [0.5, 0.6) is 0 Å². The van der Waals surface area contributed by atoms with Gasteiger partial charge >= 0.3 is 6.09 Å². The Morgan fingerprint density at radius 3 is 2.60 bits per heavy atom. The Labute approximate surface area is 237 Å². The van der Waals surface area contributed by atoms with Crippen LogP contribution in [0.15, 0.2) is 65.2 Å². The van der Waals surface area contributed by atoms with E-state index in [9.17, 15) is 18.5 Å². The highest BCUT2D eigenvalue weighted by atomic mass is 19.3. The van der Waals surface area contributed by atoms with Crippen LogP contribution in [0.25, 0.3) is 22.6 Å². The molecule has 6 rings (SSSR count). The number of anilines is 1. The Kier molecular flexibility index (Phi) is 7.25. The van der Waals surface area contributed by atoms with Crippen LogP contribution in [0.2, 0.25) is 0 Å². The van der Waals surface area contributed by atoms with Crippen molar-refractivity contribution in [2.75, 3.05) is 18.4 Å². The summed E-state index contributed by atoms with van der Waals surface area (Å²) in [6.45, 7) is 2.73. The average molecular weight is 575 g/mol. The Bertz CT molecular complexity index is 1750. The molecule has 3 aromatic heterocycles. The van der Waals surface area contributed by atoms with Crippen molar-refractivity contribution < 1.29 is 27.9 Å². The van der Waals surface area contributed by atoms with Gasteiger partial charge in [-0.05, 0) is 78.9 Å². The molecule has 1 fully saturated rings. The summed E-state index contributed by atoms with van der Waals surface area (Å²) >= 11 is 0. The number of aryl methyl sites for hydroxylation is 1. The molecule has 4 heterocycles. The number of piperidine rings is 1. The van der Waals surface area contributed by atoms with Gasteiger partial charge in [0.2, 0.25) is 5.89 Å². The number of amides is 2. The Morgan fingerprint density at radius 1 is 1.10 bits per heavy atom. The number of likely N-dealkylation sites (tertiary alicyclic amines) is 1. The lowest BCUT2D eigenvalue weighted by molar-refractivity contribution is -0.0544. The van der Waals surface area contributed by atoms with Gasteiger partial charge in [0.1, 0.15) is 23.1 Å². The van der Waals surface area contributed by atoms with E-state index in [0.717, 1.165) is 5.56 Å². The summed E-state index contributed by atoms with van der Waals surface area (Å²) in [5, 5.41) is 14.9. The van der Waals surface area contributed by atoms with Crippen molar-refractivity contribution in [3.63, 3.8) is 0 Å². The second-order valence-corrected chi connectivity index (χ2v) is 9.90. The molecule has 1 aliphatic heterocycles. The Balaban J connectivity index is 1.17. The van der Waals surface area contributed by atoms with Crippen LogP contribution in [0.1, 0.15) is 40.8 Å². The van der Waals surface area contributed by atoms with E-state index in [4.69, 9.17) is 4.42 Å². The largest absolute Gasteiger partial charge is 0.449 e. The molecule has 1 N–H and O–H groups in total. The molecule has 2 amide bonds. The molecule has 0 aliphatic carbocycles. The minimum absolute atomic E-state index is 0.0956. The molecular formula is C28H24F2N8O4. The summed E-state index contributed by atoms with van der Waals surface area (Å²) in [6.07, 6.45) is 1.60. The molecule has 12 nitrogen and oxygen atoms in total. The second kappa shape index (κ2) is 11.3. The number of tetrazole rings is 1. The van der Waals surface area contributed by atoms with E-state index >= 15 is 0 Å². The first kappa shape index (κ1) is 26.9. The molecule has 14 heteroatoms. The third kappa shape index (κ3) is 5.50. The summed E-state index contributed by atoms with van der Waals surface area (Å²) in [5.41, 5.74) is 2.78. The maximum Gasteiger partial charge on any atom is 0.449 e. The number of carbonyl (C=O) groups excluding carboxylic acids is 2. The maximum atomic E-state index is 13.6. The molecule has 42 heavy (non-hydrogen) atoms. The van der Waals surface area contributed by atoms with Crippen molar-refractivity contribution in [1.82, 2.24) is 35.1 Å². The fourth-order valence-electron chi connectivity index (χ4n) is 5.20. The molecule has 1 atom stereocenters. The highest BCUT2D eigenvalue weighted by Crippen LogP contribution is 2.34. The van der Waals surface area contributed by atoms with Crippen LogP contribution in [0, 0.1) is 18.7 Å². The molecule has 0 radical (unpaired) electrons. The van der Waals surface area contributed by atoms with Gasteiger partial charge in [-0.15, -0.1) is 10.2 Å². The van der Waals surface area contributed by atoms with Crippen molar-refractivity contribution >= 4 is 28.8 Å². The standard InChI is InChI=1S/C28H24F2N8O4/c1-16-34-36-38(35-16)25(17-2-4-20(29)5-3-17)18-9-12-37(13-10-18)27(39)23-14-19(8-11-31-23)26-33-22-15-21(32-28(40)42-30)6-7-24(22)41-26/h2-8,11,14-15,18,25H,9-10,12-13H2,1H3,(H,32,40)/t25-/m1/s1. The molecule has 1 saturated heterocycles. The number of carbonyl (C=O) groups is 2. The number of rotatable bonds is 6. The number of pyridine rings is 1. The summed E-state index contributed by atoms with van der Waals surface area (Å²) in [4.78, 5) is 39.8. The van der Waals surface area contributed by atoms with Crippen molar-refractivity contribution in [3.05, 3.63) is 83.7 Å². The van der Waals surface area contributed by atoms with Gasteiger partial charge < -0.3 is 9.32 Å². The van der Waals surface area contributed by atoms with Gasteiger partial charge in [0.15, 0.2) is 11.4 Å². The number of aromatic nitrogens is 6. The van der Waals surface area contributed by atoms with Gasteiger partial charge in [-0.2, -0.15) is 4.80 Å². The van der Waals surface area contributed by atoms with Crippen LogP contribution in [-0.4, -0.2) is 60.2 Å². The number of hydrogen-bond donors (Lipinski definition) is 1. The van der Waals surface area contributed by atoms with E-state index in [0.29, 0.717) is 48.4 Å². The van der Waals surface area contributed by atoms with E-state index in [2.05, 4.69) is 35.6 Å². The molecule has 2 aromatic carbocycles. The summed E-state index contributed by atoms with van der Waals surface area (Å²) in [5.74, 6) is 0.338. The fourth-order valence-corrected chi connectivity index (χ4v) is 5.20. The number of nitrogens with one attached hydrogen (secondary N) is 1. The summed E-state index contributed by atoms with van der Waals surface area (Å²) in [7, 11) is 0. The van der Waals surface area contributed by atoms with Crippen LogP contribution in [-0.2, 0) is 4.94 Å². The highest BCUT2D eigenvalue weighted by molar-refractivity contribution is 5.93. The van der Waals surface area contributed by atoms with E-state index < -0.39 is 6.09 Å². The van der Waals surface area contributed by atoms with Gasteiger partial charge in [0.05, 0.1) is 0 Å². The van der Waals surface area contributed by atoms with Crippen LogP contribution < -0.4 is 5.32 Å². The zero-order valence-electron chi connectivity index (χ0n) is 22.3. The predicted octanol–water partition coefficient (Wildman–Crippen LogP) is 4.90. The van der Waals surface area contributed by atoms with Gasteiger partial charge in [-0.1, -0.05) is 12.1 Å². The van der Waals surface area contributed by atoms with Gasteiger partial charge in [0.25, 0.3) is 5.91 Å². The van der Waals surface area contributed by atoms with Crippen molar-refractivity contribution in [2.45, 2.75) is 25.8 Å². The maximum absolute atomic E-state index is 13.6. The van der Waals surface area contributed by atoms with Gasteiger partial charge in [0, 0.05) is 35.1 Å². The lowest BCUT2D eigenvalue weighted by atomic mass is 9.85. The molecule has 0 bridgehead atoms. The molecule has 214 valence electrons. The number of oxazole rings is 1. The molecule has 0 saturated carbocycles. The van der Waals surface area contributed by atoms with E-state index in [1.165, 1.54) is 30.5 Å². The molecule has 1 aliphatic rings. The molecule has 0 unspecified atom stereocenters. The zero-order valence-corrected chi connectivity index (χ0v) is 22.3. The lowest BCUT2D eigenvalue weighted by Crippen LogP contribution is -2.41. The normalized spacial score (nSPS) is 14.6. The molecular weight excluding hydrogens is 550 g/mol. The first-order valence-corrected chi connectivity index (χ1v) is 13.2. The number of benzene rings is 2. The first-order chi connectivity index (χ1) is 20.4. The first-order valence-electron chi connectivity index (χ1n) is 13.2. The topological polar surface area (TPSA) is 141 Å². The molecule has 0 spiro atoms. The minimum atomic E-state index is -1.25. The van der Waals surface area contributed by atoms with Crippen LogP contribution in [0.4, 0.5) is 19.4 Å². The number of nitrogens with zero attached hydrogens (tertiary/aromatic N) is 7. The quantitative estimate of drug-likeness (QED) is 0.300. The Morgan fingerprint density at radius 2 is 1.88 bits per heavy atom. The van der Waals surface area contributed by atoms with E-state index in [-0.39, 0.29) is 41.0 Å². The van der Waals surface area contributed by atoms with E-state index in [1.54, 1.807) is 47.0 Å². The second-order valence-electron chi connectivity index (χ2n) is 9.90. The van der Waals surface area contributed by atoms with Gasteiger partial charge in [-0.3, -0.25) is 15.1 Å². The number of halogens is 2. The average Bonchev–Trinajstić information content (AvgIpc) is 3.64. The third-order valence-corrected chi connectivity index (χ3v) is 7.19. The highest BCUT2D eigenvalue weighted by Gasteiger charge is 2.33. The summed E-state index contributed by atoms with van der Waals surface area (Å²) in [6, 6.07) is 13.9. The lowest BCUT2D eigenvalue weighted by Gasteiger charge is -2.35. The van der Waals surface area contributed by atoms with Gasteiger partial charge in [-0.25, -0.2) is 19.1 Å². The smallest absolute Gasteiger partial charge is 0.436 e. The monoisotopic (exact) mass is 574 g/mol. The summed E-state index contributed by atoms with van der Waals surface area (Å²) < 4.78 is 31.5. The SMILES string of the molecule is Cc1nnn([C@H](c2ccc(F)cc2)C2CCN(C(=O)c3cc(-c4nc5cc(NC(=O)OF)ccc5o4)ccn3)CC2)n1.